The third-order valence-electron chi connectivity index (χ3n) is 4.67. The van der Waals surface area contributed by atoms with E-state index in [1.165, 1.54) is 4.88 Å². The number of para-hydroxylation sites is 1. The molecule has 2 heterocycles. The second-order valence-electron chi connectivity index (χ2n) is 6.35. The topological polar surface area (TPSA) is 42.7 Å². The minimum atomic E-state index is 0.0339. The first-order valence-electron chi connectivity index (χ1n) is 9.19. The van der Waals surface area contributed by atoms with Crippen LogP contribution in [0.2, 0.25) is 0 Å². The van der Waals surface area contributed by atoms with Gasteiger partial charge in [-0.05, 0) is 36.1 Å². The Balaban J connectivity index is 1.82. The van der Waals surface area contributed by atoms with E-state index in [0.29, 0.717) is 19.5 Å². The van der Waals surface area contributed by atoms with Crippen molar-refractivity contribution >= 4 is 17.2 Å². The highest BCUT2D eigenvalue weighted by atomic mass is 32.1. The summed E-state index contributed by atoms with van der Waals surface area (Å²) in [5, 5.41) is 2.05. The average Bonchev–Trinajstić information content (AvgIpc) is 3.41. The Bertz CT molecular complexity index is 827. The van der Waals surface area contributed by atoms with Crippen LogP contribution in [0.5, 0.6) is 5.75 Å². The van der Waals surface area contributed by atoms with Gasteiger partial charge in [0.1, 0.15) is 11.5 Å². The molecule has 1 amide bonds. The molecular formula is C22H25NO3S. The Labute approximate surface area is 164 Å². The van der Waals surface area contributed by atoms with Crippen molar-refractivity contribution in [3.05, 3.63) is 76.4 Å². The van der Waals surface area contributed by atoms with E-state index < -0.39 is 0 Å². The van der Waals surface area contributed by atoms with Crippen LogP contribution in [0, 0.1) is 0 Å². The van der Waals surface area contributed by atoms with Crippen LogP contribution in [0.15, 0.2) is 64.6 Å². The van der Waals surface area contributed by atoms with E-state index in [1.54, 1.807) is 24.7 Å². The Morgan fingerprint density at radius 1 is 1.19 bits per heavy atom. The van der Waals surface area contributed by atoms with E-state index in [-0.39, 0.29) is 11.8 Å². The molecule has 0 N–H and O–H groups in total. The number of carbonyl (C=O) groups excluding carboxylic acids is 1. The highest BCUT2D eigenvalue weighted by Crippen LogP contribution is 2.35. The first-order chi connectivity index (χ1) is 13.2. The summed E-state index contributed by atoms with van der Waals surface area (Å²) in [5.74, 6) is 1.93. The Kier molecular flexibility index (Phi) is 6.71. The van der Waals surface area contributed by atoms with Crippen molar-refractivity contribution in [2.75, 3.05) is 13.7 Å². The lowest BCUT2D eigenvalue weighted by Gasteiger charge is -2.25. The molecule has 3 rings (SSSR count). The molecule has 0 bridgehead atoms. The summed E-state index contributed by atoms with van der Waals surface area (Å²) in [6.45, 7) is 3.23. The average molecular weight is 384 g/mol. The molecule has 0 aliphatic rings. The molecule has 0 unspecified atom stereocenters. The molecule has 4 nitrogen and oxygen atoms in total. The fraction of sp³-hybridized carbons (Fsp3) is 0.318. The predicted molar refractivity (Wildman–Crippen MR) is 108 cm³/mol. The number of ether oxygens (including phenoxy) is 1. The lowest BCUT2D eigenvalue weighted by Crippen LogP contribution is -2.31. The zero-order chi connectivity index (χ0) is 19.1. The van der Waals surface area contributed by atoms with Crippen LogP contribution in [-0.4, -0.2) is 24.5 Å². The van der Waals surface area contributed by atoms with E-state index in [9.17, 15) is 4.79 Å². The van der Waals surface area contributed by atoms with Crippen molar-refractivity contribution in [2.24, 2.45) is 0 Å². The van der Waals surface area contributed by atoms with Crippen LogP contribution in [0.3, 0.4) is 0 Å². The van der Waals surface area contributed by atoms with Gasteiger partial charge >= 0.3 is 0 Å². The van der Waals surface area contributed by atoms with Crippen molar-refractivity contribution in [3.8, 4) is 5.75 Å². The number of hydrogen-bond acceptors (Lipinski definition) is 4. The van der Waals surface area contributed by atoms with Crippen molar-refractivity contribution in [1.29, 1.82) is 0 Å². The minimum absolute atomic E-state index is 0.0339. The smallest absolute Gasteiger partial charge is 0.222 e. The summed E-state index contributed by atoms with van der Waals surface area (Å²) in [6, 6.07) is 16.0. The van der Waals surface area contributed by atoms with Gasteiger partial charge < -0.3 is 14.1 Å². The zero-order valence-electron chi connectivity index (χ0n) is 15.8. The van der Waals surface area contributed by atoms with Crippen LogP contribution in [0.25, 0.3) is 0 Å². The van der Waals surface area contributed by atoms with Crippen molar-refractivity contribution in [2.45, 2.75) is 32.2 Å². The second kappa shape index (κ2) is 9.42. The third kappa shape index (κ3) is 4.80. The molecule has 5 heteroatoms. The number of hydrogen-bond donors (Lipinski definition) is 0. The van der Waals surface area contributed by atoms with Crippen LogP contribution >= 0.6 is 11.3 Å². The monoisotopic (exact) mass is 383 g/mol. The molecule has 2 aromatic heterocycles. The van der Waals surface area contributed by atoms with E-state index in [4.69, 9.17) is 9.15 Å². The number of furan rings is 1. The Hall–Kier alpha value is -2.53. The van der Waals surface area contributed by atoms with Crippen LogP contribution in [0.1, 0.15) is 41.9 Å². The number of amides is 1. The lowest BCUT2D eigenvalue weighted by molar-refractivity contribution is -0.131. The molecule has 0 aliphatic heterocycles. The molecule has 0 fully saturated rings. The van der Waals surface area contributed by atoms with Crippen LogP contribution < -0.4 is 4.74 Å². The van der Waals surface area contributed by atoms with E-state index >= 15 is 0 Å². The third-order valence-corrected chi connectivity index (χ3v) is 5.53. The maximum atomic E-state index is 12.5. The maximum absolute atomic E-state index is 12.5. The number of rotatable bonds is 9. The summed E-state index contributed by atoms with van der Waals surface area (Å²) in [6.07, 6.45) is 2.97. The van der Waals surface area contributed by atoms with Gasteiger partial charge in [-0.3, -0.25) is 4.79 Å². The Morgan fingerprint density at radius 3 is 2.70 bits per heavy atom. The van der Waals surface area contributed by atoms with Gasteiger partial charge in [0.25, 0.3) is 0 Å². The number of benzene rings is 1. The molecule has 1 aromatic carbocycles. The van der Waals surface area contributed by atoms with Gasteiger partial charge in [-0.2, -0.15) is 0 Å². The van der Waals surface area contributed by atoms with E-state index in [2.05, 4.69) is 12.1 Å². The maximum Gasteiger partial charge on any atom is 0.222 e. The molecule has 0 radical (unpaired) electrons. The van der Waals surface area contributed by atoms with Crippen LogP contribution in [0.4, 0.5) is 0 Å². The van der Waals surface area contributed by atoms with Gasteiger partial charge in [0.2, 0.25) is 5.91 Å². The Morgan fingerprint density at radius 2 is 2.04 bits per heavy atom. The first kappa shape index (κ1) is 19.2. The molecule has 3 aromatic rings. The van der Waals surface area contributed by atoms with Crippen molar-refractivity contribution < 1.29 is 13.9 Å². The highest BCUT2D eigenvalue weighted by molar-refractivity contribution is 7.09. The summed E-state index contributed by atoms with van der Waals surface area (Å²) >= 11 is 1.68. The van der Waals surface area contributed by atoms with Crippen molar-refractivity contribution in [3.63, 3.8) is 0 Å². The van der Waals surface area contributed by atoms with E-state index in [0.717, 1.165) is 23.5 Å². The quantitative estimate of drug-likeness (QED) is 0.503. The first-order valence-corrected chi connectivity index (χ1v) is 10.1. The van der Waals surface area contributed by atoms with E-state index in [1.807, 2.05) is 53.6 Å². The van der Waals surface area contributed by atoms with Gasteiger partial charge in [0.05, 0.1) is 19.9 Å². The molecule has 27 heavy (non-hydrogen) atoms. The fourth-order valence-electron chi connectivity index (χ4n) is 3.29. The number of methoxy groups -OCH3 is 1. The van der Waals surface area contributed by atoms with Crippen LogP contribution in [-0.2, 0) is 11.3 Å². The zero-order valence-corrected chi connectivity index (χ0v) is 16.6. The number of carbonyl (C=O) groups is 1. The summed E-state index contributed by atoms with van der Waals surface area (Å²) < 4.78 is 11.3. The molecule has 0 saturated carbocycles. The summed E-state index contributed by atoms with van der Waals surface area (Å²) in [4.78, 5) is 15.6. The van der Waals surface area contributed by atoms with Gasteiger partial charge in [-0.1, -0.05) is 31.2 Å². The molecule has 142 valence electrons. The van der Waals surface area contributed by atoms with Gasteiger partial charge in [-0.25, -0.2) is 0 Å². The second-order valence-corrected chi connectivity index (χ2v) is 7.38. The molecule has 0 spiro atoms. The lowest BCUT2D eigenvalue weighted by atomic mass is 9.92. The molecule has 0 aliphatic carbocycles. The SMILES string of the molecule is CCC(=O)N(CC[C@H](c1ccco1)c1ccccc1OC)Cc1cccs1. The fourth-order valence-corrected chi connectivity index (χ4v) is 4.01. The molecule has 1 atom stereocenters. The predicted octanol–water partition coefficient (Wildman–Crippen LogP) is 5.31. The van der Waals surface area contributed by atoms with Gasteiger partial charge in [-0.15, -0.1) is 11.3 Å². The summed E-state index contributed by atoms with van der Waals surface area (Å²) in [7, 11) is 1.68. The van der Waals surface area contributed by atoms with Gasteiger partial charge in [0, 0.05) is 29.3 Å². The molecule has 0 saturated heterocycles. The largest absolute Gasteiger partial charge is 0.496 e. The standard InChI is InChI=1S/C22H25NO3S/c1-3-22(24)23(16-17-8-7-15-27-17)13-12-19(21-11-6-14-26-21)18-9-4-5-10-20(18)25-2/h4-11,14-15,19H,3,12-13,16H2,1-2H3/t19-/m0/s1. The molecular weight excluding hydrogens is 358 g/mol. The van der Waals surface area contributed by atoms with Crippen molar-refractivity contribution in [1.82, 2.24) is 4.90 Å². The van der Waals surface area contributed by atoms with Gasteiger partial charge in [0.15, 0.2) is 0 Å². The minimum Gasteiger partial charge on any atom is -0.496 e. The highest BCUT2D eigenvalue weighted by Gasteiger charge is 2.23. The summed E-state index contributed by atoms with van der Waals surface area (Å²) in [5.41, 5.74) is 1.08. The normalized spacial score (nSPS) is 11.9. The number of thiophene rings is 1. The number of nitrogens with zero attached hydrogens (tertiary/aromatic N) is 1.